The van der Waals surface area contributed by atoms with E-state index in [0.717, 1.165) is 12.0 Å². The summed E-state index contributed by atoms with van der Waals surface area (Å²) in [6.07, 6.45) is 0.725. The molecule has 0 unspecified atom stereocenters. The fraction of sp³-hybridized carbons (Fsp3) is 0.176. The lowest BCUT2D eigenvalue weighted by Crippen LogP contribution is -2.42. The zero-order chi connectivity index (χ0) is 30.3. The van der Waals surface area contributed by atoms with Gasteiger partial charge in [-0.3, -0.25) is 15.0 Å². The molecule has 4 aromatic carbocycles. The van der Waals surface area contributed by atoms with Gasteiger partial charge in [-0.15, -0.1) is 0 Å². The van der Waals surface area contributed by atoms with Crippen LogP contribution >= 0.6 is 0 Å². The average molecular weight is 563 g/mol. The number of carbonyl (C=O) groups is 3. The highest BCUT2D eigenvalue weighted by atomic mass is 16.5. The van der Waals surface area contributed by atoms with Gasteiger partial charge in [0.25, 0.3) is 11.8 Å². The third kappa shape index (κ3) is 7.28. The van der Waals surface area contributed by atoms with Crippen molar-refractivity contribution in [3.8, 4) is 11.1 Å². The highest BCUT2D eigenvalue weighted by molar-refractivity contribution is 6.11. The number of nitrogens with one attached hydrogen (secondary N) is 3. The quantitative estimate of drug-likeness (QED) is 0.104. The molecule has 4 aromatic rings. The summed E-state index contributed by atoms with van der Waals surface area (Å²) in [6, 6.07) is 27.7. The summed E-state index contributed by atoms with van der Waals surface area (Å²) in [4.78, 5) is 40.0. The first-order chi connectivity index (χ1) is 20.1. The Morgan fingerprint density at radius 3 is 2.07 bits per heavy atom. The Balaban J connectivity index is 1.71. The SMILES string of the molecule is CCC(C)(C)NC(=O)c1ccc(-c2ccccc2C(=O)Nc2ccc(C(=N)N)cc2)c(C(=O)OCc2ccccc2)c1. The minimum atomic E-state index is -0.617. The second-order valence-electron chi connectivity index (χ2n) is 10.5. The summed E-state index contributed by atoms with van der Waals surface area (Å²) in [6.45, 7) is 5.89. The summed E-state index contributed by atoms with van der Waals surface area (Å²) < 4.78 is 5.66. The molecule has 0 heterocycles. The molecule has 0 saturated heterocycles. The van der Waals surface area contributed by atoms with E-state index in [1.54, 1.807) is 60.7 Å². The van der Waals surface area contributed by atoms with Crippen LogP contribution in [0.5, 0.6) is 0 Å². The molecule has 42 heavy (non-hydrogen) atoms. The van der Waals surface area contributed by atoms with E-state index in [9.17, 15) is 14.4 Å². The highest BCUT2D eigenvalue weighted by Crippen LogP contribution is 2.30. The van der Waals surface area contributed by atoms with Gasteiger partial charge in [-0.05, 0) is 79.4 Å². The van der Waals surface area contributed by atoms with E-state index < -0.39 is 17.4 Å². The molecule has 0 saturated carbocycles. The van der Waals surface area contributed by atoms with Crippen molar-refractivity contribution in [1.82, 2.24) is 5.32 Å². The van der Waals surface area contributed by atoms with Crippen LogP contribution in [-0.4, -0.2) is 29.2 Å². The molecule has 8 nitrogen and oxygen atoms in total. The van der Waals surface area contributed by atoms with E-state index in [-0.39, 0.29) is 23.9 Å². The first kappa shape index (κ1) is 29.7. The van der Waals surface area contributed by atoms with Crippen LogP contribution in [0.1, 0.15) is 69.4 Å². The Morgan fingerprint density at radius 2 is 1.40 bits per heavy atom. The normalized spacial score (nSPS) is 10.9. The van der Waals surface area contributed by atoms with Crippen LogP contribution in [0.2, 0.25) is 0 Å². The molecule has 214 valence electrons. The van der Waals surface area contributed by atoms with Crippen molar-refractivity contribution >= 4 is 29.3 Å². The lowest BCUT2D eigenvalue weighted by molar-refractivity contribution is 0.0473. The molecular weight excluding hydrogens is 528 g/mol. The molecule has 0 spiro atoms. The third-order valence-corrected chi connectivity index (χ3v) is 6.97. The number of nitrogens with two attached hydrogens (primary N) is 1. The number of benzene rings is 4. The van der Waals surface area contributed by atoms with Gasteiger partial charge >= 0.3 is 5.97 Å². The van der Waals surface area contributed by atoms with Gasteiger partial charge < -0.3 is 21.1 Å². The van der Waals surface area contributed by atoms with Crippen LogP contribution in [0, 0.1) is 5.41 Å². The fourth-order valence-corrected chi connectivity index (χ4v) is 4.21. The molecule has 2 amide bonds. The Hall–Kier alpha value is -5.24. The van der Waals surface area contributed by atoms with Crippen molar-refractivity contribution in [3.63, 3.8) is 0 Å². The smallest absolute Gasteiger partial charge is 0.339 e. The molecule has 0 radical (unpaired) electrons. The number of amidine groups is 1. The monoisotopic (exact) mass is 562 g/mol. The molecule has 0 fully saturated rings. The Kier molecular flexibility index (Phi) is 9.17. The molecule has 0 aliphatic heterocycles. The van der Waals surface area contributed by atoms with Crippen molar-refractivity contribution in [2.75, 3.05) is 5.32 Å². The maximum atomic E-state index is 13.5. The molecule has 0 aromatic heterocycles. The number of nitrogen functional groups attached to an aromatic ring is 1. The molecule has 0 atom stereocenters. The van der Waals surface area contributed by atoms with Gasteiger partial charge in [-0.1, -0.05) is 61.5 Å². The fourth-order valence-electron chi connectivity index (χ4n) is 4.21. The number of hydrogen-bond donors (Lipinski definition) is 4. The van der Waals surface area contributed by atoms with E-state index >= 15 is 0 Å². The largest absolute Gasteiger partial charge is 0.457 e. The number of amides is 2. The van der Waals surface area contributed by atoms with Gasteiger partial charge in [0.15, 0.2) is 0 Å². The van der Waals surface area contributed by atoms with Gasteiger partial charge in [-0.2, -0.15) is 0 Å². The van der Waals surface area contributed by atoms with Crippen molar-refractivity contribution in [3.05, 3.63) is 125 Å². The van der Waals surface area contributed by atoms with Crippen molar-refractivity contribution < 1.29 is 19.1 Å². The highest BCUT2D eigenvalue weighted by Gasteiger charge is 2.24. The summed E-state index contributed by atoms with van der Waals surface area (Å²) >= 11 is 0. The van der Waals surface area contributed by atoms with E-state index in [0.29, 0.717) is 33.5 Å². The number of rotatable bonds is 10. The summed E-state index contributed by atoms with van der Waals surface area (Å²) in [5.74, 6) is -1.39. The lowest BCUT2D eigenvalue weighted by atomic mass is 9.93. The molecule has 8 heteroatoms. The second-order valence-corrected chi connectivity index (χ2v) is 10.5. The summed E-state index contributed by atoms with van der Waals surface area (Å²) in [5, 5.41) is 13.4. The number of esters is 1. The van der Waals surface area contributed by atoms with Crippen LogP contribution in [0.3, 0.4) is 0 Å². The average Bonchev–Trinajstić information content (AvgIpc) is 3.00. The number of carbonyl (C=O) groups excluding carboxylic acids is 3. The van der Waals surface area contributed by atoms with E-state index in [1.165, 1.54) is 6.07 Å². The zero-order valence-electron chi connectivity index (χ0n) is 23.9. The van der Waals surface area contributed by atoms with Gasteiger partial charge in [0.1, 0.15) is 12.4 Å². The minimum absolute atomic E-state index is 0.0524. The number of hydrogen-bond acceptors (Lipinski definition) is 5. The van der Waals surface area contributed by atoms with Crippen LogP contribution in [0.15, 0.2) is 97.1 Å². The molecule has 4 rings (SSSR count). The van der Waals surface area contributed by atoms with Crippen LogP contribution in [0.25, 0.3) is 11.1 Å². The zero-order valence-corrected chi connectivity index (χ0v) is 23.9. The third-order valence-electron chi connectivity index (χ3n) is 6.97. The van der Waals surface area contributed by atoms with Crippen LogP contribution in [-0.2, 0) is 11.3 Å². The van der Waals surface area contributed by atoms with E-state index in [1.807, 2.05) is 51.1 Å². The minimum Gasteiger partial charge on any atom is -0.457 e. The predicted molar refractivity (Wildman–Crippen MR) is 165 cm³/mol. The molecule has 5 N–H and O–H groups in total. The van der Waals surface area contributed by atoms with Gasteiger partial charge in [0.05, 0.1) is 5.56 Å². The standard InChI is InChI=1S/C34H34N4O4/c1-4-34(2,3)38-31(39)24-16-19-27(29(20-24)33(41)42-21-22-10-6-5-7-11-22)26-12-8-9-13-28(26)32(40)37-25-17-14-23(15-18-25)30(35)36/h5-20H,4,21H2,1-3H3,(H3,35,36)(H,37,40)(H,38,39). The summed E-state index contributed by atoms with van der Waals surface area (Å²) in [5.41, 5.74) is 8.74. The number of anilines is 1. The van der Waals surface area contributed by atoms with Gasteiger partial charge in [0.2, 0.25) is 0 Å². The topological polar surface area (TPSA) is 134 Å². The van der Waals surface area contributed by atoms with Crippen LogP contribution < -0.4 is 16.4 Å². The number of ether oxygens (including phenoxy) is 1. The van der Waals surface area contributed by atoms with E-state index in [2.05, 4.69) is 10.6 Å². The Morgan fingerprint density at radius 1 is 0.786 bits per heavy atom. The van der Waals surface area contributed by atoms with Gasteiger partial charge in [0, 0.05) is 27.9 Å². The van der Waals surface area contributed by atoms with Crippen LogP contribution in [0.4, 0.5) is 5.69 Å². The predicted octanol–water partition coefficient (Wildman–Crippen LogP) is 6.17. The van der Waals surface area contributed by atoms with Gasteiger partial charge in [-0.25, -0.2) is 4.79 Å². The molecule has 0 aliphatic rings. The Labute approximate surface area is 245 Å². The molecular formula is C34H34N4O4. The maximum Gasteiger partial charge on any atom is 0.339 e. The second kappa shape index (κ2) is 13.0. The van der Waals surface area contributed by atoms with Crippen molar-refractivity contribution in [1.29, 1.82) is 5.41 Å². The first-order valence-corrected chi connectivity index (χ1v) is 13.6. The maximum absolute atomic E-state index is 13.5. The molecule has 0 aliphatic carbocycles. The summed E-state index contributed by atoms with van der Waals surface area (Å²) in [7, 11) is 0. The Bertz CT molecular complexity index is 1610. The van der Waals surface area contributed by atoms with Crippen molar-refractivity contribution in [2.45, 2.75) is 39.3 Å². The molecule has 0 bridgehead atoms. The van der Waals surface area contributed by atoms with Crippen molar-refractivity contribution in [2.24, 2.45) is 5.73 Å². The first-order valence-electron chi connectivity index (χ1n) is 13.6. The van der Waals surface area contributed by atoms with E-state index in [4.69, 9.17) is 15.9 Å². The lowest BCUT2D eigenvalue weighted by Gasteiger charge is -2.24.